The fourth-order valence-electron chi connectivity index (χ4n) is 2.83. The van der Waals surface area contributed by atoms with E-state index < -0.39 is 11.7 Å². The van der Waals surface area contributed by atoms with Crippen LogP contribution in [-0.4, -0.2) is 24.7 Å². The number of carbonyl (C=O) groups excluding carboxylic acids is 1. The third-order valence-corrected chi connectivity index (χ3v) is 4.43. The van der Waals surface area contributed by atoms with Gasteiger partial charge in [-0.15, -0.1) is 0 Å². The third kappa shape index (κ3) is 5.40. The van der Waals surface area contributed by atoms with Crippen molar-refractivity contribution in [3.63, 3.8) is 0 Å². The van der Waals surface area contributed by atoms with Crippen molar-refractivity contribution in [1.82, 2.24) is 4.98 Å². The summed E-state index contributed by atoms with van der Waals surface area (Å²) >= 11 is 0. The van der Waals surface area contributed by atoms with Gasteiger partial charge in [-0.25, -0.2) is 4.98 Å². The molecule has 1 heterocycles. The summed E-state index contributed by atoms with van der Waals surface area (Å²) in [5.41, 5.74) is 1.18. The normalized spacial score (nSPS) is 11.4. The van der Waals surface area contributed by atoms with Gasteiger partial charge in [-0.1, -0.05) is 12.1 Å². The van der Waals surface area contributed by atoms with Crippen LogP contribution >= 0.6 is 0 Å². The molecule has 0 saturated heterocycles. The van der Waals surface area contributed by atoms with Crippen LogP contribution in [0.5, 0.6) is 5.75 Å². The quantitative estimate of drug-likeness (QED) is 0.504. The van der Waals surface area contributed by atoms with Gasteiger partial charge in [0.25, 0.3) is 0 Å². The molecule has 2 aromatic carbocycles. The molecule has 0 radical (unpaired) electrons. The van der Waals surface area contributed by atoms with E-state index in [-0.39, 0.29) is 18.3 Å². The minimum absolute atomic E-state index is 0.159. The van der Waals surface area contributed by atoms with Crippen LogP contribution in [0.2, 0.25) is 0 Å². The Labute approximate surface area is 171 Å². The van der Waals surface area contributed by atoms with Crippen molar-refractivity contribution < 1.29 is 31.9 Å². The number of halogens is 3. The number of carbonyl (C=O) groups is 1. The number of oxazole rings is 1. The Kier molecular flexibility index (Phi) is 6.44. The molecular weight excluding hydrogens is 399 g/mol. The highest BCUT2D eigenvalue weighted by molar-refractivity contribution is 5.72. The number of benzene rings is 2. The van der Waals surface area contributed by atoms with Crippen LogP contribution in [0.1, 0.15) is 22.6 Å². The number of hydrogen-bond donors (Lipinski definition) is 0. The van der Waals surface area contributed by atoms with E-state index in [0.717, 1.165) is 17.7 Å². The SMILES string of the molecule is COC(=O)Cc1cccc(OCCc2nc(-c3ccc(C(F)(F)F)cc3)oc2C)c1. The molecule has 0 fully saturated rings. The van der Waals surface area contributed by atoms with Gasteiger partial charge in [-0.2, -0.15) is 13.2 Å². The Bertz CT molecular complexity index is 1010. The van der Waals surface area contributed by atoms with E-state index in [1.54, 1.807) is 25.1 Å². The second kappa shape index (κ2) is 9.02. The zero-order valence-corrected chi connectivity index (χ0v) is 16.5. The number of methoxy groups -OCH3 is 1. The molecule has 8 heteroatoms. The molecule has 0 aliphatic carbocycles. The average Bonchev–Trinajstić information content (AvgIpc) is 3.08. The van der Waals surface area contributed by atoms with E-state index in [0.29, 0.717) is 35.8 Å². The van der Waals surface area contributed by atoms with E-state index in [4.69, 9.17) is 9.15 Å². The van der Waals surface area contributed by atoms with E-state index in [1.165, 1.54) is 19.2 Å². The first-order chi connectivity index (χ1) is 14.3. The lowest BCUT2D eigenvalue weighted by atomic mass is 10.1. The van der Waals surface area contributed by atoms with Crippen molar-refractivity contribution in [3.8, 4) is 17.2 Å². The molecule has 0 unspecified atom stereocenters. The molecule has 0 N–H and O–H groups in total. The lowest BCUT2D eigenvalue weighted by Crippen LogP contribution is -2.06. The molecule has 1 aromatic heterocycles. The molecule has 0 amide bonds. The summed E-state index contributed by atoms with van der Waals surface area (Å²) in [6, 6.07) is 11.8. The summed E-state index contributed by atoms with van der Waals surface area (Å²) in [6.45, 7) is 2.06. The molecule has 3 aromatic rings. The van der Waals surface area contributed by atoms with Crippen molar-refractivity contribution in [3.05, 3.63) is 71.1 Å². The third-order valence-electron chi connectivity index (χ3n) is 4.43. The first-order valence-electron chi connectivity index (χ1n) is 9.19. The molecule has 5 nitrogen and oxygen atoms in total. The minimum Gasteiger partial charge on any atom is -0.493 e. The highest BCUT2D eigenvalue weighted by Crippen LogP contribution is 2.31. The van der Waals surface area contributed by atoms with Crippen LogP contribution < -0.4 is 4.74 Å². The number of aryl methyl sites for hydroxylation is 1. The maximum Gasteiger partial charge on any atom is 0.416 e. The molecule has 0 spiro atoms. The Balaban J connectivity index is 1.62. The van der Waals surface area contributed by atoms with Crippen LogP contribution in [0.4, 0.5) is 13.2 Å². The van der Waals surface area contributed by atoms with Gasteiger partial charge in [0.2, 0.25) is 5.89 Å². The van der Waals surface area contributed by atoms with Gasteiger partial charge in [0.05, 0.1) is 31.4 Å². The summed E-state index contributed by atoms with van der Waals surface area (Å²) in [5, 5.41) is 0. The van der Waals surface area contributed by atoms with Gasteiger partial charge < -0.3 is 13.9 Å². The number of esters is 1. The first-order valence-corrected chi connectivity index (χ1v) is 9.19. The molecule has 158 valence electrons. The monoisotopic (exact) mass is 419 g/mol. The highest BCUT2D eigenvalue weighted by atomic mass is 19.4. The number of nitrogens with zero attached hydrogens (tertiary/aromatic N) is 1. The summed E-state index contributed by atoms with van der Waals surface area (Å²) in [5.74, 6) is 1.12. The summed E-state index contributed by atoms with van der Waals surface area (Å²) in [4.78, 5) is 15.8. The van der Waals surface area contributed by atoms with Gasteiger partial charge in [0, 0.05) is 12.0 Å². The predicted octanol–water partition coefficient (Wildman–Crippen LogP) is 5.01. The van der Waals surface area contributed by atoms with Crippen molar-refractivity contribution >= 4 is 5.97 Å². The number of hydrogen-bond acceptors (Lipinski definition) is 5. The average molecular weight is 419 g/mol. The molecule has 0 bridgehead atoms. The van der Waals surface area contributed by atoms with Crippen LogP contribution in [0.15, 0.2) is 52.9 Å². The van der Waals surface area contributed by atoms with Crippen molar-refractivity contribution in [1.29, 1.82) is 0 Å². The van der Waals surface area contributed by atoms with E-state index in [9.17, 15) is 18.0 Å². The van der Waals surface area contributed by atoms with Crippen molar-refractivity contribution in [2.24, 2.45) is 0 Å². The molecule has 0 atom stereocenters. The number of alkyl halides is 3. The van der Waals surface area contributed by atoms with Crippen molar-refractivity contribution in [2.45, 2.75) is 25.9 Å². The van der Waals surface area contributed by atoms with Crippen LogP contribution in [0, 0.1) is 6.92 Å². The number of aromatic nitrogens is 1. The molecule has 0 aliphatic rings. The standard InChI is InChI=1S/C22H20F3NO4/c1-14-19(10-11-29-18-5-3-4-15(12-18)13-20(27)28-2)26-21(30-14)16-6-8-17(9-7-16)22(23,24)25/h3-9,12H,10-11,13H2,1-2H3. The predicted molar refractivity (Wildman–Crippen MR) is 103 cm³/mol. The molecule has 0 saturated carbocycles. The topological polar surface area (TPSA) is 61.6 Å². The van der Waals surface area contributed by atoms with E-state index >= 15 is 0 Å². The van der Waals surface area contributed by atoms with Gasteiger partial charge in [-0.3, -0.25) is 4.79 Å². The zero-order chi connectivity index (χ0) is 21.7. The summed E-state index contributed by atoms with van der Waals surface area (Å²) in [7, 11) is 1.34. The van der Waals surface area contributed by atoms with Gasteiger partial charge in [-0.05, 0) is 48.9 Å². The van der Waals surface area contributed by atoms with Crippen LogP contribution in [-0.2, 0) is 28.5 Å². The lowest BCUT2D eigenvalue weighted by Gasteiger charge is -2.07. The van der Waals surface area contributed by atoms with E-state index in [1.807, 2.05) is 6.07 Å². The summed E-state index contributed by atoms with van der Waals surface area (Å²) in [6.07, 6.45) is -3.77. The lowest BCUT2D eigenvalue weighted by molar-refractivity contribution is -0.140. The Morgan fingerprint density at radius 1 is 1.13 bits per heavy atom. The minimum atomic E-state index is -4.39. The fourth-order valence-corrected chi connectivity index (χ4v) is 2.83. The zero-order valence-electron chi connectivity index (χ0n) is 16.5. The van der Waals surface area contributed by atoms with Crippen molar-refractivity contribution in [2.75, 3.05) is 13.7 Å². The van der Waals surface area contributed by atoms with Crippen LogP contribution in [0.3, 0.4) is 0 Å². The maximum atomic E-state index is 12.7. The Morgan fingerprint density at radius 3 is 2.53 bits per heavy atom. The fraction of sp³-hybridized carbons (Fsp3) is 0.273. The largest absolute Gasteiger partial charge is 0.493 e. The second-order valence-corrected chi connectivity index (χ2v) is 6.60. The number of ether oxygens (including phenoxy) is 2. The van der Waals surface area contributed by atoms with Crippen LogP contribution in [0.25, 0.3) is 11.5 Å². The number of rotatable bonds is 7. The molecule has 30 heavy (non-hydrogen) atoms. The van der Waals surface area contributed by atoms with Gasteiger partial charge in [0.1, 0.15) is 11.5 Å². The molecular formula is C22H20F3NO4. The van der Waals surface area contributed by atoms with Gasteiger partial charge in [0.15, 0.2) is 0 Å². The maximum absolute atomic E-state index is 12.7. The highest BCUT2D eigenvalue weighted by Gasteiger charge is 2.30. The smallest absolute Gasteiger partial charge is 0.416 e. The second-order valence-electron chi connectivity index (χ2n) is 6.60. The van der Waals surface area contributed by atoms with Gasteiger partial charge >= 0.3 is 12.1 Å². The molecule has 0 aliphatic heterocycles. The first kappa shape index (κ1) is 21.4. The Hall–Kier alpha value is -3.29. The summed E-state index contributed by atoms with van der Waals surface area (Å²) < 4.78 is 54.1. The Morgan fingerprint density at radius 2 is 1.87 bits per heavy atom. The van der Waals surface area contributed by atoms with E-state index in [2.05, 4.69) is 9.72 Å². The molecule has 3 rings (SSSR count).